The van der Waals surface area contributed by atoms with E-state index < -0.39 is 11.6 Å². The second-order valence-corrected chi connectivity index (χ2v) is 3.32. The van der Waals surface area contributed by atoms with E-state index >= 15 is 0 Å². The first-order chi connectivity index (χ1) is 6.65. The number of nitrogens with one attached hydrogen (secondary N) is 1. The summed E-state index contributed by atoms with van der Waals surface area (Å²) in [5, 5.41) is 0.417. The molecule has 1 aromatic carbocycles. The van der Waals surface area contributed by atoms with Crippen LogP contribution in [0.15, 0.2) is 12.3 Å². The largest absolute Gasteiger partial charge is 0.360 e. The van der Waals surface area contributed by atoms with Crippen molar-refractivity contribution in [2.24, 2.45) is 5.73 Å². The topological polar surface area (TPSA) is 41.8 Å². The Labute approximate surface area is 95.8 Å². The van der Waals surface area contributed by atoms with Gasteiger partial charge in [-0.3, -0.25) is 0 Å². The van der Waals surface area contributed by atoms with Crippen molar-refractivity contribution < 1.29 is 8.78 Å². The first kappa shape index (κ1) is 12.2. The molecule has 0 amide bonds. The lowest BCUT2D eigenvalue weighted by Gasteiger charge is -2.03. The molecule has 0 aliphatic heterocycles. The lowest BCUT2D eigenvalue weighted by atomic mass is 10.1. The molecule has 0 bridgehead atoms. The van der Waals surface area contributed by atoms with Gasteiger partial charge < -0.3 is 10.7 Å². The Bertz CT molecular complexity index is 496. The van der Waals surface area contributed by atoms with Crippen molar-refractivity contribution in [3.63, 3.8) is 0 Å². The van der Waals surface area contributed by atoms with E-state index in [2.05, 4.69) is 4.98 Å². The molecule has 0 aliphatic carbocycles. The second-order valence-electron chi connectivity index (χ2n) is 2.91. The molecule has 0 saturated carbocycles. The zero-order chi connectivity index (χ0) is 10.3. The summed E-state index contributed by atoms with van der Waals surface area (Å²) >= 11 is 5.72. The number of H-pyrrole nitrogens is 1. The number of benzene rings is 1. The summed E-state index contributed by atoms with van der Waals surface area (Å²) in [6.45, 7) is -0.185. The van der Waals surface area contributed by atoms with Crippen LogP contribution in [0, 0.1) is 11.6 Å². The van der Waals surface area contributed by atoms with E-state index in [9.17, 15) is 8.78 Å². The number of nitrogens with two attached hydrogens (primary N) is 1. The first-order valence-corrected chi connectivity index (χ1v) is 4.36. The number of aromatic nitrogens is 1. The quantitative estimate of drug-likeness (QED) is 0.805. The summed E-state index contributed by atoms with van der Waals surface area (Å²) in [4.78, 5) is 2.67. The molecule has 0 aliphatic rings. The smallest absolute Gasteiger partial charge is 0.141 e. The standard InChI is InChI=1S/C9H7ClF2N2.ClH/c10-5-3-14-7-1-6(11)4(2-13)9(12)8(5)7;/h1,3,14H,2,13H2;1H. The van der Waals surface area contributed by atoms with Crippen LogP contribution in [0.1, 0.15) is 5.56 Å². The monoisotopic (exact) mass is 252 g/mol. The van der Waals surface area contributed by atoms with Crippen molar-refractivity contribution in [1.82, 2.24) is 4.98 Å². The van der Waals surface area contributed by atoms with Crippen molar-refractivity contribution in [2.45, 2.75) is 6.54 Å². The van der Waals surface area contributed by atoms with Gasteiger partial charge in [-0.05, 0) is 6.07 Å². The molecule has 0 radical (unpaired) electrons. The number of fused-ring (bicyclic) bond motifs is 1. The highest BCUT2D eigenvalue weighted by Gasteiger charge is 2.15. The van der Waals surface area contributed by atoms with E-state index in [4.69, 9.17) is 17.3 Å². The molecular formula is C9H8Cl2F2N2. The highest BCUT2D eigenvalue weighted by atomic mass is 35.5. The molecule has 0 saturated heterocycles. The fourth-order valence-electron chi connectivity index (χ4n) is 1.41. The molecule has 15 heavy (non-hydrogen) atoms. The Kier molecular flexibility index (Phi) is 3.54. The highest BCUT2D eigenvalue weighted by Crippen LogP contribution is 2.29. The van der Waals surface area contributed by atoms with Crippen LogP contribution >= 0.6 is 24.0 Å². The summed E-state index contributed by atoms with van der Waals surface area (Å²) in [6, 6.07) is 1.19. The molecule has 2 rings (SSSR count). The predicted octanol–water partition coefficient (Wildman–Crippen LogP) is 2.98. The van der Waals surface area contributed by atoms with Crippen LogP contribution in [0.5, 0.6) is 0 Å². The molecule has 2 aromatic rings. The van der Waals surface area contributed by atoms with Gasteiger partial charge in [0.05, 0.1) is 15.9 Å². The molecule has 0 unspecified atom stereocenters. The fraction of sp³-hybridized carbons (Fsp3) is 0.111. The first-order valence-electron chi connectivity index (χ1n) is 3.98. The maximum Gasteiger partial charge on any atom is 0.141 e. The van der Waals surface area contributed by atoms with Crippen LogP contribution < -0.4 is 5.73 Å². The molecule has 3 N–H and O–H groups in total. The van der Waals surface area contributed by atoms with Gasteiger partial charge in [-0.1, -0.05) is 11.6 Å². The SMILES string of the molecule is Cl.NCc1c(F)cc2[nH]cc(Cl)c2c1F. The molecule has 82 valence electrons. The van der Waals surface area contributed by atoms with Crippen LogP contribution in [0.4, 0.5) is 8.78 Å². The van der Waals surface area contributed by atoms with Gasteiger partial charge in [0, 0.05) is 18.3 Å². The van der Waals surface area contributed by atoms with Crippen LogP contribution in [0.3, 0.4) is 0 Å². The van der Waals surface area contributed by atoms with Gasteiger partial charge in [0.2, 0.25) is 0 Å². The van der Waals surface area contributed by atoms with Crippen molar-refractivity contribution in [3.05, 3.63) is 34.5 Å². The zero-order valence-electron chi connectivity index (χ0n) is 7.48. The maximum absolute atomic E-state index is 13.6. The molecule has 0 fully saturated rings. The van der Waals surface area contributed by atoms with Gasteiger partial charge in [-0.15, -0.1) is 12.4 Å². The highest BCUT2D eigenvalue weighted by molar-refractivity contribution is 6.35. The third-order valence-corrected chi connectivity index (χ3v) is 2.41. The molecular weight excluding hydrogens is 245 g/mol. The van der Waals surface area contributed by atoms with E-state index in [1.807, 2.05) is 0 Å². The summed E-state index contributed by atoms with van der Waals surface area (Å²) in [6.07, 6.45) is 1.41. The van der Waals surface area contributed by atoms with Gasteiger partial charge in [-0.25, -0.2) is 8.78 Å². The molecule has 6 heteroatoms. The summed E-state index contributed by atoms with van der Waals surface area (Å²) in [7, 11) is 0. The average molecular weight is 253 g/mol. The maximum atomic E-state index is 13.6. The Morgan fingerprint density at radius 3 is 2.67 bits per heavy atom. The number of aromatic amines is 1. The van der Waals surface area contributed by atoms with E-state index in [-0.39, 0.29) is 34.9 Å². The fourth-order valence-corrected chi connectivity index (χ4v) is 1.65. The molecule has 1 aromatic heterocycles. The summed E-state index contributed by atoms with van der Waals surface area (Å²) in [5.74, 6) is -1.34. The lowest BCUT2D eigenvalue weighted by Crippen LogP contribution is -2.03. The number of hydrogen-bond acceptors (Lipinski definition) is 1. The Hall–Kier alpha value is -0.840. The van der Waals surface area contributed by atoms with Crippen molar-refractivity contribution in [2.75, 3.05) is 0 Å². The molecule has 0 spiro atoms. The minimum atomic E-state index is -0.686. The van der Waals surface area contributed by atoms with E-state index in [0.717, 1.165) is 0 Å². The van der Waals surface area contributed by atoms with Crippen LogP contribution in [0.25, 0.3) is 10.9 Å². The van der Waals surface area contributed by atoms with Crippen molar-refractivity contribution >= 4 is 34.9 Å². The third kappa shape index (κ3) is 1.80. The number of halogens is 4. The van der Waals surface area contributed by atoms with E-state index in [1.165, 1.54) is 12.3 Å². The van der Waals surface area contributed by atoms with Gasteiger partial charge in [-0.2, -0.15) is 0 Å². The van der Waals surface area contributed by atoms with E-state index in [0.29, 0.717) is 5.52 Å². The Morgan fingerprint density at radius 1 is 1.40 bits per heavy atom. The number of hydrogen-bond donors (Lipinski definition) is 2. The summed E-state index contributed by atoms with van der Waals surface area (Å²) in [5.41, 5.74) is 5.42. The number of rotatable bonds is 1. The molecule has 0 atom stereocenters. The average Bonchev–Trinajstić information content (AvgIpc) is 2.48. The van der Waals surface area contributed by atoms with Crippen molar-refractivity contribution in [1.29, 1.82) is 0 Å². The normalized spacial score (nSPS) is 10.4. The van der Waals surface area contributed by atoms with E-state index in [1.54, 1.807) is 0 Å². The van der Waals surface area contributed by atoms with Crippen LogP contribution in [-0.2, 0) is 6.54 Å². The minimum absolute atomic E-state index is 0. The lowest BCUT2D eigenvalue weighted by molar-refractivity contribution is 0.565. The zero-order valence-corrected chi connectivity index (χ0v) is 9.05. The van der Waals surface area contributed by atoms with Crippen LogP contribution in [0.2, 0.25) is 5.02 Å². The van der Waals surface area contributed by atoms with Gasteiger partial charge in [0.15, 0.2) is 0 Å². The Morgan fingerprint density at radius 2 is 2.07 bits per heavy atom. The minimum Gasteiger partial charge on any atom is -0.360 e. The van der Waals surface area contributed by atoms with Gasteiger partial charge >= 0.3 is 0 Å². The second kappa shape index (κ2) is 4.35. The third-order valence-electron chi connectivity index (χ3n) is 2.11. The molecule has 1 heterocycles. The van der Waals surface area contributed by atoms with Gasteiger partial charge in [0.1, 0.15) is 11.6 Å². The predicted molar refractivity (Wildman–Crippen MR) is 58.4 cm³/mol. The Balaban J connectivity index is 0.00000112. The molecule has 2 nitrogen and oxygen atoms in total. The van der Waals surface area contributed by atoms with Crippen molar-refractivity contribution in [3.8, 4) is 0 Å². The summed E-state index contributed by atoms with van der Waals surface area (Å²) < 4.78 is 26.8. The van der Waals surface area contributed by atoms with Gasteiger partial charge in [0.25, 0.3) is 0 Å². The van der Waals surface area contributed by atoms with Crippen LogP contribution in [-0.4, -0.2) is 4.98 Å².